The van der Waals surface area contributed by atoms with Crippen molar-refractivity contribution in [2.24, 2.45) is 0 Å². The highest BCUT2D eigenvalue weighted by Crippen LogP contribution is 2.15. The van der Waals surface area contributed by atoms with Gasteiger partial charge in [-0.2, -0.15) is 0 Å². The number of carbonyl (C=O) groups is 1. The van der Waals surface area contributed by atoms with Crippen molar-refractivity contribution in [3.63, 3.8) is 0 Å². The zero-order valence-electron chi connectivity index (χ0n) is 18.8. The molecule has 1 aliphatic carbocycles. The maximum absolute atomic E-state index is 8.81. The minimum Gasteiger partial charge on any atom is -0.304 e. The number of rotatable bonds is 0. The molecule has 0 bridgehead atoms. The lowest BCUT2D eigenvalue weighted by Crippen LogP contribution is -1.85. The summed E-state index contributed by atoms with van der Waals surface area (Å²) in [6, 6.07) is 0. The van der Waals surface area contributed by atoms with E-state index in [1.807, 2.05) is 96.9 Å². The van der Waals surface area contributed by atoms with Gasteiger partial charge in [0.2, 0.25) is 0 Å². The Kier molecular flexibility index (Phi) is 746. The first-order valence-corrected chi connectivity index (χ1v) is 9.81. The molecule has 0 aromatic carbocycles. The highest BCUT2D eigenvalue weighted by atomic mass is 16.1. The van der Waals surface area contributed by atoms with Crippen LogP contribution >= 0.6 is 0 Å². The van der Waals surface area contributed by atoms with E-state index in [1.165, 1.54) is 32.6 Å². The molecule has 1 fully saturated rings. The lowest BCUT2D eigenvalue weighted by atomic mass is 10.0. The van der Waals surface area contributed by atoms with Crippen molar-refractivity contribution in [2.45, 2.75) is 130 Å². The lowest BCUT2D eigenvalue weighted by Gasteiger charge is -2.05. The largest absolute Gasteiger partial charge is 0.304 e. The molecular weight excluding hydrogens is 256 g/mol. The molecule has 1 heteroatoms. The Hall–Kier alpha value is -0.330. The van der Waals surface area contributed by atoms with Crippen molar-refractivity contribution in [1.29, 1.82) is 0 Å². The Balaban J connectivity index is -0.0000000155. The average molecular weight is 311 g/mol. The Morgan fingerprint density at radius 1 is 0.429 bits per heavy atom. The summed E-state index contributed by atoms with van der Waals surface area (Å²) in [6.07, 6.45) is 6.75. The van der Waals surface area contributed by atoms with Gasteiger partial charge in [0.15, 0.2) is 0 Å². The predicted molar refractivity (Wildman–Crippen MR) is 110 cm³/mol. The van der Waals surface area contributed by atoms with Crippen molar-refractivity contribution < 1.29 is 4.79 Å². The molecule has 0 saturated heterocycles. The molecular formula is C20H54O. The molecule has 0 unspecified atom stereocenters. The fraction of sp³-hybridized carbons (Fsp3) is 0.950. The summed E-state index contributed by atoms with van der Waals surface area (Å²) in [5.74, 6) is 0. The molecule has 1 saturated carbocycles. The molecule has 0 N–H and O–H groups in total. The van der Waals surface area contributed by atoms with Crippen LogP contribution in [0.1, 0.15) is 130 Å². The first kappa shape index (κ1) is 49.8. The fourth-order valence-electron chi connectivity index (χ4n) is 0.250. The summed E-state index contributed by atoms with van der Waals surface area (Å²) in [5, 5.41) is 0. The van der Waals surface area contributed by atoms with E-state index < -0.39 is 0 Å². The van der Waals surface area contributed by atoms with Crippen LogP contribution in [-0.4, -0.2) is 6.29 Å². The van der Waals surface area contributed by atoms with Gasteiger partial charge < -0.3 is 4.79 Å². The number of aldehydes is 1. The molecule has 1 nitrogen and oxygen atoms in total. The SMILES string of the molecule is C1CCC1.CC.CC.CC.CC.CC.CC.CC.CC=O. The normalized spacial score (nSPS) is 7.19. The molecule has 1 aliphatic rings. The average Bonchev–Trinajstić information content (AvgIpc) is 2.59. The van der Waals surface area contributed by atoms with Crippen LogP contribution in [0.4, 0.5) is 0 Å². The molecule has 0 aromatic rings. The van der Waals surface area contributed by atoms with Crippen LogP contribution in [0.3, 0.4) is 0 Å². The first-order valence-electron chi connectivity index (χ1n) is 9.81. The van der Waals surface area contributed by atoms with Crippen LogP contribution in [0.15, 0.2) is 0 Å². The number of hydrogen-bond acceptors (Lipinski definition) is 1. The second-order valence-corrected chi connectivity index (χ2v) is 1.65. The van der Waals surface area contributed by atoms with Crippen LogP contribution in [0.2, 0.25) is 0 Å². The molecule has 1 rings (SSSR count). The van der Waals surface area contributed by atoms with E-state index >= 15 is 0 Å². The summed E-state index contributed by atoms with van der Waals surface area (Å²) in [5.41, 5.74) is 0. The number of carbonyl (C=O) groups excluding carboxylic acids is 1. The van der Waals surface area contributed by atoms with Crippen LogP contribution in [-0.2, 0) is 4.79 Å². The molecule has 0 spiro atoms. The molecule has 0 heterocycles. The van der Waals surface area contributed by atoms with Gasteiger partial charge in [-0.3, -0.25) is 0 Å². The third kappa shape index (κ3) is 456. The van der Waals surface area contributed by atoms with E-state index in [2.05, 4.69) is 0 Å². The summed E-state index contributed by atoms with van der Waals surface area (Å²) in [7, 11) is 0. The number of hydrogen-bond donors (Lipinski definition) is 0. The maximum atomic E-state index is 8.81. The lowest BCUT2D eigenvalue weighted by molar-refractivity contribution is -0.106. The zero-order chi connectivity index (χ0) is 19.5. The van der Waals surface area contributed by atoms with Crippen molar-refractivity contribution >= 4 is 6.29 Å². The summed E-state index contributed by atoms with van der Waals surface area (Å²) < 4.78 is 0. The summed E-state index contributed by atoms with van der Waals surface area (Å²) in [4.78, 5) is 8.81. The zero-order valence-corrected chi connectivity index (χ0v) is 18.8. The molecule has 21 heavy (non-hydrogen) atoms. The maximum Gasteiger partial charge on any atom is 0.116 e. The fourth-order valence-corrected chi connectivity index (χ4v) is 0.250. The van der Waals surface area contributed by atoms with E-state index in [0.29, 0.717) is 0 Å². The third-order valence-electron chi connectivity index (χ3n) is 1.000. The monoisotopic (exact) mass is 310 g/mol. The second-order valence-electron chi connectivity index (χ2n) is 1.65. The topological polar surface area (TPSA) is 17.1 Å². The minimum atomic E-state index is 0.750. The Morgan fingerprint density at radius 2 is 0.476 bits per heavy atom. The smallest absolute Gasteiger partial charge is 0.116 e. The molecule has 140 valence electrons. The Bertz CT molecular complexity index is 35.1. The van der Waals surface area contributed by atoms with Gasteiger partial charge in [0.1, 0.15) is 6.29 Å². The molecule has 0 aliphatic heterocycles. The molecule has 0 aromatic heterocycles. The van der Waals surface area contributed by atoms with Gasteiger partial charge in [0.25, 0.3) is 0 Å². The van der Waals surface area contributed by atoms with Crippen LogP contribution in [0.5, 0.6) is 0 Å². The van der Waals surface area contributed by atoms with Gasteiger partial charge in [-0.15, -0.1) is 0 Å². The molecule has 0 radical (unpaired) electrons. The van der Waals surface area contributed by atoms with Gasteiger partial charge in [-0.1, -0.05) is 123 Å². The predicted octanol–water partition coefficient (Wildman–Crippen LogP) is 8.95. The third-order valence-corrected chi connectivity index (χ3v) is 1.000. The summed E-state index contributed by atoms with van der Waals surface area (Å²) in [6.45, 7) is 29.4. The van der Waals surface area contributed by atoms with Crippen LogP contribution in [0, 0.1) is 0 Å². The quantitative estimate of drug-likeness (QED) is 0.408. The van der Waals surface area contributed by atoms with Crippen LogP contribution in [0.25, 0.3) is 0 Å². The van der Waals surface area contributed by atoms with E-state index in [4.69, 9.17) is 4.79 Å². The van der Waals surface area contributed by atoms with Crippen molar-refractivity contribution in [2.75, 3.05) is 0 Å². The van der Waals surface area contributed by atoms with Crippen molar-refractivity contribution in [1.82, 2.24) is 0 Å². The second kappa shape index (κ2) is 314. The van der Waals surface area contributed by atoms with Gasteiger partial charge in [0, 0.05) is 0 Å². The van der Waals surface area contributed by atoms with Crippen LogP contribution < -0.4 is 0 Å². The first-order chi connectivity index (χ1) is 10.4. The summed E-state index contributed by atoms with van der Waals surface area (Å²) >= 11 is 0. The standard InChI is InChI=1S/C4H8.C2H4O.7C2H6/c1-2-4-3-1;1-2-3;7*1-2/h1-4H2;2H,1H3;7*1-2H3. The highest BCUT2D eigenvalue weighted by molar-refractivity contribution is 5.44. The van der Waals surface area contributed by atoms with Gasteiger partial charge >= 0.3 is 0 Å². The Labute approximate surface area is 141 Å². The van der Waals surface area contributed by atoms with E-state index in [1.54, 1.807) is 0 Å². The van der Waals surface area contributed by atoms with Gasteiger partial charge in [-0.05, 0) is 6.92 Å². The van der Waals surface area contributed by atoms with Gasteiger partial charge in [0.05, 0.1) is 0 Å². The molecule has 0 atom stereocenters. The van der Waals surface area contributed by atoms with Crippen molar-refractivity contribution in [3.05, 3.63) is 0 Å². The van der Waals surface area contributed by atoms with Crippen molar-refractivity contribution in [3.8, 4) is 0 Å². The Morgan fingerprint density at radius 3 is 0.476 bits per heavy atom. The van der Waals surface area contributed by atoms with E-state index in [9.17, 15) is 0 Å². The highest BCUT2D eigenvalue weighted by Gasteiger charge is 1.95. The van der Waals surface area contributed by atoms with E-state index in [-0.39, 0.29) is 0 Å². The van der Waals surface area contributed by atoms with E-state index in [0.717, 1.165) is 6.29 Å². The molecule has 0 amide bonds. The minimum absolute atomic E-state index is 0.750. The van der Waals surface area contributed by atoms with Gasteiger partial charge in [-0.25, -0.2) is 0 Å².